The summed E-state index contributed by atoms with van der Waals surface area (Å²) in [4.78, 5) is 25.9. The SMILES string of the molecule is CCCC(=O)Nc1ccc2c(c1)N(CCCOc1cccc(C)c1)C(=O)CO2. The normalized spacial score (nSPS) is 12.9. The van der Waals surface area contributed by atoms with Crippen LogP contribution in [0.3, 0.4) is 0 Å². The number of ether oxygens (including phenoxy) is 2. The van der Waals surface area contributed by atoms with Crippen molar-refractivity contribution < 1.29 is 19.1 Å². The Labute approximate surface area is 165 Å². The third-order valence-corrected chi connectivity index (χ3v) is 4.45. The molecule has 2 amide bonds. The Kier molecular flexibility index (Phi) is 6.53. The number of benzene rings is 2. The van der Waals surface area contributed by atoms with E-state index in [1.165, 1.54) is 0 Å². The van der Waals surface area contributed by atoms with Crippen molar-refractivity contribution >= 4 is 23.2 Å². The van der Waals surface area contributed by atoms with Crippen molar-refractivity contribution in [3.8, 4) is 11.5 Å². The molecule has 0 saturated heterocycles. The summed E-state index contributed by atoms with van der Waals surface area (Å²) in [5, 5.41) is 2.87. The highest BCUT2D eigenvalue weighted by Crippen LogP contribution is 2.34. The molecule has 0 aromatic heterocycles. The minimum atomic E-state index is -0.0971. The summed E-state index contributed by atoms with van der Waals surface area (Å²) >= 11 is 0. The summed E-state index contributed by atoms with van der Waals surface area (Å²) in [6, 6.07) is 13.3. The van der Waals surface area contributed by atoms with Gasteiger partial charge in [-0.05, 0) is 55.7 Å². The molecule has 2 aromatic carbocycles. The first kappa shape index (κ1) is 19.7. The molecule has 1 heterocycles. The molecule has 1 N–H and O–H groups in total. The number of carbonyl (C=O) groups is 2. The Hall–Kier alpha value is -3.02. The molecule has 0 fully saturated rings. The van der Waals surface area contributed by atoms with Crippen LogP contribution in [-0.2, 0) is 9.59 Å². The molecule has 0 spiro atoms. The molecule has 0 bridgehead atoms. The summed E-state index contributed by atoms with van der Waals surface area (Å²) in [7, 11) is 0. The standard InChI is InChI=1S/C22H26N2O4/c1-3-6-21(25)23-17-9-10-20-19(14-17)24(22(26)15-28-20)11-5-12-27-18-8-4-7-16(2)13-18/h4,7-10,13-14H,3,5-6,11-12,15H2,1-2H3,(H,23,25). The number of fused-ring (bicyclic) bond motifs is 1. The molecule has 0 radical (unpaired) electrons. The first-order chi connectivity index (χ1) is 13.6. The van der Waals surface area contributed by atoms with Crippen molar-refractivity contribution in [3.05, 3.63) is 48.0 Å². The van der Waals surface area contributed by atoms with Gasteiger partial charge in [-0.15, -0.1) is 0 Å². The lowest BCUT2D eigenvalue weighted by Crippen LogP contribution is -2.39. The van der Waals surface area contributed by atoms with Gasteiger partial charge < -0.3 is 19.7 Å². The Morgan fingerprint density at radius 3 is 2.89 bits per heavy atom. The molecule has 2 aromatic rings. The van der Waals surface area contributed by atoms with Gasteiger partial charge in [-0.3, -0.25) is 9.59 Å². The topological polar surface area (TPSA) is 67.9 Å². The number of nitrogens with one attached hydrogen (secondary N) is 1. The number of nitrogens with zero attached hydrogens (tertiary/aromatic N) is 1. The number of anilines is 2. The molecule has 0 saturated carbocycles. The Morgan fingerprint density at radius 2 is 2.11 bits per heavy atom. The van der Waals surface area contributed by atoms with E-state index < -0.39 is 0 Å². The number of aryl methyl sites for hydroxylation is 1. The van der Waals surface area contributed by atoms with Crippen molar-refractivity contribution in [1.29, 1.82) is 0 Å². The van der Waals surface area contributed by atoms with Crippen molar-refractivity contribution in [2.24, 2.45) is 0 Å². The summed E-state index contributed by atoms with van der Waals surface area (Å²) in [5.74, 6) is 1.34. The minimum absolute atomic E-state index is 0.0211. The molecule has 28 heavy (non-hydrogen) atoms. The van der Waals surface area contributed by atoms with E-state index >= 15 is 0 Å². The van der Waals surface area contributed by atoms with E-state index in [-0.39, 0.29) is 18.4 Å². The highest BCUT2D eigenvalue weighted by atomic mass is 16.5. The van der Waals surface area contributed by atoms with Crippen molar-refractivity contribution in [1.82, 2.24) is 0 Å². The van der Waals surface area contributed by atoms with Gasteiger partial charge in [0.15, 0.2) is 6.61 Å². The van der Waals surface area contributed by atoms with E-state index in [1.54, 1.807) is 23.1 Å². The summed E-state index contributed by atoms with van der Waals surface area (Å²) in [6.45, 7) is 5.03. The fourth-order valence-electron chi connectivity index (χ4n) is 3.09. The van der Waals surface area contributed by atoms with E-state index in [9.17, 15) is 9.59 Å². The predicted octanol–water partition coefficient (Wildman–Crippen LogP) is 3.93. The summed E-state index contributed by atoms with van der Waals surface area (Å²) < 4.78 is 11.3. The number of hydrogen-bond donors (Lipinski definition) is 1. The van der Waals surface area contributed by atoms with Crippen LogP contribution in [0.5, 0.6) is 11.5 Å². The van der Waals surface area contributed by atoms with Crippen molar-refractivity contribution in [2.75, 3.05) is 30.0 Å². The number of carbonyl (C=O) groups excluding carboxylic acids is 2. The van der Waals surface area contributed by atoms with Crippen molar-refractivity contribution in [3.63, 3.8) is 0 Å². The lowest BCUT2D eigenvalue weighted by Gasteiger charge is -2.30. The van der Waals surface area contributed by atoms with Gasteiger partial charge in [0.05, 0.1) is 12.3 Å². The minimum Gasteiger partial charge on any atom is -0.494 e. The third kappa shape index (κ3) is 5.03. The van der Waals surface area contributed by atoms with Crippen LogP contribution in [0.15, 0.2) is 42.5 Å². The summed E-state index contributed by atoms with van der Waals surface area (Å²) in [5.41, 5.74) is 2.49. The second-order valence-electron chi connectivity index (χ2n) is 6.83. The van der Waals surface area contributed by atoms with Crippen LogP contribution in [0, 0.1) is 6.92 Å². The monoisotopic (exact) mass is 382 g/mol. The quantitative estimate of drug-likeness (QED) is 0.703. The van der Waals surface area contributed by atoms with Gasteiger partial charge >= 0.3 is 0 Å². The molecule has 0 atom stereocenters. The van der Waals surface area contributed by atoms with Gasteiger partial charge in [0.25, 0.3) is 5.91 Å². The molecular formula is C22H26N2O4. The number of hydrogen-bond acceptors (Lipinski definition) is 4. The van der Waals surface area contributed by atoms with Gasteiger partial charge in [-0.25, -0.2) is 0 Å². The lowest BCUT2D eigenvalue weighted by atomic mass is 10.2. The van der Waals surface area contributed by atoms with Crippen LogP contribution in [0.1, 0.15) is 31.7 Å². The fourth-order valence-corrected chi connectivity index (χ4v) is 3.09. The molecular weight excluding hydrogens is 356 g/mol. The number of amides is 2. The van der Waals surface area contributed by atoms with Gasteiger partial charge in [0.1, 0.15) is 11.5 Å². The van der Waals surface area contributed by atoms with Gasteiger partial charge in [0.2, 0.25) is 5.91 Å². The average molecular weight is 382 g/mol. The van der Waals surface area contributed by atoms with E-state index in [0.717, 1.165) is 17.7 Å². The second kappa shape index (κ2) is 9.26. The lowest BCUT2D eigenvalue weighted by molar-refractivity contribution is -0.121. The highest BCUT2D eigenvalue weighted by Gasteiger charge is 2.25. The molecule has 1 aliphatic rings. The average Bonchev–Trinajstić information content (AvgIpc) is 2.67. The maximum Gasteiger partial charge on any atom is 0.265 e. The molecule has 1 aliphatic heterocycles. The molecule has 3 rings (SSSR count). The van der Waals surface area contributed by atoms with Crippen LogP contribution >= 0.6 is 0 Å². The van der Waals surface area contributed by atoms with Crippen LogP contribution < -0.4 is 19.7 Å². The molecule has 148 valence electrons. The fraction of sp³-hybridized carbons (Fsp3) is 0.364. The van der Waals surface area contributed by atoms with Crippen LogP contribution in [-0.4, -0.2) is 31.6 Å². The Bertz CT molecular complexity index is 850. The largest absolute Gasteiger partial charge is 0.494 e. The van der Waals surface area contributed by atoms with Crippen LogP contribution in [0.2, 0.25) is 0 Å². The first-order valence-electron chi connectivity index (χ1n) is 9.63. The molecule has 6 heteroatoms. The zero-order chi connectivity index (χ0) is 19.9. The van der Waals surface area contributed by atoms with Gasteiger partial charge in [-0.2, -0.15) is 0 Å². The maximum atomic E-state index is 12.4. The molecule has 6 nitrogen and oxygen atoms in total. The van der Waals surface area contributed by atoms with Crippen LogP contribution in [0.25, 0.3) is 0 Å². The van der Waals surface area contributed by atoms with Gasteiger partial charge in [-0.1, -0.05) is 19.1 Å². The maximum absolute atomic E-state index is 12.4. The first-order valence-corrected chi connectivity index (χ1v) is 9.63. The molecule has 0 unspecified atom stereocenters. The Balaban J connectivity index is 1.63. The zero-order valence-corrected chi connectivity index (χ0v) is 16.4. The third-order valence-electron chi connectivity index (χ3n) is 4.45. The summed E-state index contributed by atoms with van der Waals surface area (Å²) in [6.07, 6.45) is 1.93. The van der Waals surface area contributed by atoms with E-state index in [4.69, 9.17) is 9.47 Å². The predicted molar refractivity (Wildman–Crippen MR) is 109 cm³/mol. The smallest absolute Gasteiger partial charge is 0.265 e. The highest BCUT2D eigenvalue weighted by molar-refractivity contribution is 5.99. The number of rotatable bonds is 8. The molecule has 0 aliphatic carbocycles. The van der Waals surface area contributed by atoms with E-state index in [2.05, 4.69) is 5.32 Å². The van der Waals surface area contributed by atoms with E-state index in [0.29, 0.717) is 43.1 Å². The van der Waals surface area contributed by atoms with Gasteiger partial charge in [0, 0.05) is 18.7 Å². The van der Waals surface area contributed by atoms with E-state index in [1.807, 2.05) is 38.1 Å². The van der Waals surface area contributed by atoms with Crippen LogP contribution in [0.4, 0.5) is 11.4 Å². The Morgan fingerprint density at radius 1 is 1.25 bits per heavy atom. The van der Waals surface area contributed by atoms with Crippen molar-refractivity contribution in [2.45, 2.75) is 33.1 Å². The second-order valence-corrected chi connectivity index (χ2v) is 6.83. The zero-order valence-electron chi connectivity index (χ0n) is 16.4.